The van der Waals surface area contributed by atoms with Crippen LogP contribution in [0.25, 0.3) is 0 Å². The molecule has 3 amide bonds. The maximum absolute atomic E-state index is 12.3. The molecule has 0 atom stereocenters. The summed E-state index contributed by atoms with van der Waals surface area (Å²) in [7, 11) is 1.47. The summed E-state index contributed by atoms with van der Waals surface area (Å²) >= 11 is 0. The van der Waals surface area contributed by atoms with Gasteiger partial charge in [0.05, 0.1) is 19.2 Å². The van der Waals surface area contributed by atoms with E-state index in [2.05, 4.69) is 21.2 Å². The number of carbonyl (C=O) groups is 3. The van der Waals surface area contributed by atoms with Gasteiger partial charge in [0, 0.05) is 11.4 Å². The van der Waals surface area contributed by atoms with Crippen LogP contribution in [0.2, 0.25) is 0 Å². The van der Waals surface area contributed by atoms with Gasteiger partial charge in [-0.15, -0.1) is 0 Å². The average Bonchev–Trinajstić information content (AvgIpc) is 2.69. The molecule has 3 N–H and O–H groups in total. The Morgan fingerprint density at radius 1 is 0.903 bits per heavy atom. The van der Waals surface area contributed by atoms with E-state index in [1.165, 1.54) is 7.11 Å². The molecule has 0 aliphatic carbocycles. The van der Waals surface area contributed by atoms with Gasteiger partial charge >= 0.3 is 11.8 Å². The number of carbonyl (C=O) groups excluding carboxylic acids is 3. The molecule has 0 unspecified atom stereocenters. The maximum Gasteiger partial charge on any atom is 0.329 e. The Hall–Kier alpha value is -3.68. The minimum Gasteiger partial charge on any atom is -0.495 e. The van der Waals surface area contributed by atoms with E-state index >= 15 is 0 Å². The molecule has 0 spiro atoms. The topological polar surface area (TPSA) is 109 Å². The molecule has 2 aromatic carbocycles. The summed E-state index contributed by atoms with van der Waals surface area (Å²) in [5.41, 5.74) is 7.63. The van der Waals surface area contributed by atoms with Gasteiger partial charge in [-0.25, -0.2) is 5.43 Å². The van der Waals surface area contributed by atoms with Crippen LogP contribution in [-0.2, 0) is 14.4 Å². The number of nitrogens with one attached hydrogen (secondary N) is 3. The molecule has 0 aliphatic heterocycles. The van der Waals surface area contributed by atoms with E-state index in [-0.39, 0.29) is 12.3 Å². The van der Waals surface area contributed by atoms with E-state index in [9.17, 15) is 14.4 Å². The largest absolute Gasteiger partial charge is 0.495 e. The first-order valence-corrected chi connectivity index (χ1v) is 9.77. The summed E-state index contributed by atoms with van der Waals surface area (Å²) in [4.78, 5) is 36.5. The molecule has 164 valence electrons. The second-order valence-electron chi connectivity index (χ2n) is 7.44. The van der Waals surface area contributed by atoms with Gasteiger partial charge in [-0.1, -0.05) is 23.8 Å². The molecule has 0 saturated carbocycles. The van der Waals surface area contributed by atoms with Gasteiger partial charge in [0.1, 0.15) is 5.75 Å². The summed E-state index contributed by atoms with van der Waals surface area (Å²) in [6, 6.07) is 9.20. The number of rotatable bonds is 6. The van der Waals surface area contributed by atoms with E-state index in [0.717, 1.165) is 27.9 Å². The van der Waals surface area contributed by atoms with E-state index in [0.29, 0.717) is 17.1 Å². The lowest BCUT2D eigenvalue weighted by Crippen LogP contribution is -2.33. The third-order valence-corrected chi connectivity index (χ3v) is 4.52. The van der Waals surface area contributed by atoms with Crippen molar-refractivity contribution in [1.29, 1.82) is 0 Å². The molecule has 0 saturated heterocycles. The normalized spacial score (nSPS) is 11.0. The van der Waals surface area contributed by atoms with E-state index in [1.807, 2.05) is 45.9 Å². The van der Waals surface area contributed by atoms with Crippen LogP contribution in [0.3, 0.4) is 0 Å². The first-order chi connectivity index (χ1) is 14.6. The zero-order valence-electron chi connectivity index (χ0n) is 18.7. The number of aryl methyl sites for hydroxylation is 4. The first kappa shape index (κ1) is 23.6. The van der Waals surface area contributed by atoms with Gasteiger partial charge in [-0.2, -0.15) is 5.10 Å². The molecule has 0 fully saturated rings. The molecule has 0 radical (unpaired) electrons. The highest BCUT2D eigenvalue weighted by molar-refractivity contribution is 6.39. The van der Waals surface area contributed by atoms with Crippen LogP contribution >= 0.6 is 0 Å². The lowest BCUT2D eigenvalue weighted by molar-refractivity contribution is -0.136. The van der Waals surface area contributed by atoms with Crippen molar-refractivity contribution in [2.75, 3.05) is 17.7 Å². The van der Waals surface area contributed by atoms with Gasteiger partial charge in [0.25, 0.3) is 0 Å². The summed E-state index contributed by atoms with van der Waals surface area (Å²) in [5, 5.41) is 9.22. The number of amides is 3. The highest BCUT2D eigenvalue weighted by Crippen LogP contribution is 2.25. The predicted octanol–water partition coefficient (Wildman–Crippen LogP) is 3.39. The Balaban J connectivity index is 1.94. The average molecular weight is 425 g/mol. The molecule has 31 heavy (non-hydrogen) atoms. The zero-order valence-corrected chi connectivity index (χ0v) is 18.7. The summed E-state index contributed by atoms with van der Waals surface area (Å²) in [6.45, 7) is 9.30. The Labute approximate surface area is 182 Å². The molecule has 0 aromatic heterocycles. The molecule has 2 rings (SSSR count). The number of ether oxygens (including phenoxy) is 1. The van der Waals surface area contributed by atoms with Crippen LogP contribution in [0, 0.1) is 27.7 Å². The predicted molar refractivity (Wildman–Crippen MR) is 122 cm³/mol. The molecule has 0 heterocycles. The molecular formula is C23H28N4O4. The van der Waals surface area contributed by atoms with Crippen molar-refractivity contribution < 1.29 is 19.1 Å². The van der Waals surface area contributed by atoms with Gasteiger partial charge in [0.2, 0.25) is 5.91 Å². The number of anilines is 2. The van der Waals surface area contributed by atoms with Crippen molar-refractivity contribution in [1.82, 2.24) is 5.43 Å². The van der Waals surface area contributed by atoms with Gasteiger partial charge in [-0.05, 0) is 63.4 Å². The van der Waals surface area contributed by atoms with E-state index < -0.39 is 11.8 Å². The van der Waals surface area contributed by atoms with Crippen LogP contribution in [-0.4, -0.2) is 30.5 Å². The second kappa shape index (κ2) is 10.4. The van der Waals surface area contributed by atoms with Crippen LogP contribution in [0.15, 0.2) is 35.4 Å². The van der Waals surface area contributed by atoms with Crippen molar-refractivity contribution in [3.8, 4) is 5.75 Å². The lowest BCUT2D eigenvalue weighted by atomic mass is 10.0. The highest BCUT2D eigenvalue weighted by Gasteiger charge is 2.16. The number of hydrazone groups is 1. The van der Waals surface area contributed by atoms with Crippen molar-refractivity contribution in [2.45, 2.75) is 41.0 Å². The van der Waals surface area contributed by atoms with Crippen molar-refractivity contribution in [2.24, 2.45) is 5.10 Å². The Morgan fingerprint density at radius 3 is 2.16 bits per heavy atom. The minimum absolute atomic E-state index is 0.0274. The molecule has 8 nitrogen and oxygen atoms in total. The molecule has 0 bridgehead atoms. The smallest absolute Gasteiger partial charge is 0.329 e. The summed E-state index contributed by atoms with van der Waals surface area (Å²) < 4.78 is 5.18. The maximum atomic E-state index is 12.3. The Morgan fingerprint density at radius 2 is 1.55 bits per heavy atom. The Kier molecular flexibility index (Phi) is 7.90. The monoisotopic (exact) mass is 424 g/mol. The van der Waals surface area contributed by atoms with Crippen LogP contribution in [0.1, 0.15) is 35.6 Å². The highest BCUT2D eigenvalue weighted by atomic mass is 16.5. The van der Waals surface area contributed by atoms with Gasteiger partial charge in [0.15, 0.2) is 0 Å². The molecule has 0 aliphatic rings. The lowest BCUT2D eigenvalue weighted by Gasteiger charge is -2.13. The minimum atomic E-state index is -0.950. The van der Waals surface area contributed by atoms with Crippen molar-refractivity contribution in [3.63, 3.8) is 0 Å². The summed E-state index contributed by atoms with van der Waals surface area (Å²) in [6.07, 6.45) is -0.0274. The third kappa shape index (κ3) is 6.67. The SMILES string of the molecule is COc1ccc(C)cc1NC(=O)C(=O)N/N=C(\C)CC(=O)Nc1c(C)cc(C)cc1C. The third-order valence-electron chi connectivity index (χ3n) is 4.52. The number of methoxy groups -OCH3 is 1. The second-order valence-corrected chi connectivity index (χ2v) is 7.44. The fraction of sp³-hybridized carbons (Fsp3) is 0.304. The van der Waals surface area contributed by atoms with Crippen molar-refractivity contribution >= 4 is 34.8 Å². The Bertz CT molecular complexity index is 1020. The van der Waals surface area contributed by atoms with Crippen LogP contribution in [0.4, 0.5) is 11.4 Å². The number of benzene rings is 2. The molecular weight excluding hydrogens is 396 g/mol. The number of hydrogen-bond donors (Lipinski definition) is 3. The van der Waals surface area contributed by atoms with Gasteiger partial charge < -0.3 is 15.4 Å². The van der Waals surface area contributed by atoms with E-state index in [1.54, 1.807) is 19.1 Å². The van der Waals surface area contributed by atoms with Crippen LogP contribution < -0.4 is 20.8 Å². The van der Waals surface area contributed by atoms with Crippen molar-refractivity contribution in [3.05, 3.63) is 52.6 Å². The van der Waals surface area contributed by atoms with Crippen LogP contribution in [0.5, 0.6) is 5.75 Å². The quantitative estimate of drug-likeness (QED) is 0.375. The van der Waals surface area contributed by atoms with E-state index in [4.69, 9.17) is 4.74 Å². The standard InChI is InChI=1S/C23H28N4O4/c1-13-7-8-19(31-6)18(11-13)24-22(29)23(30)27-26-17(5)12-20(28)25-21-15(3)9-14(2)10-16(21)4/h7-11H,12H2,1-6H3,(H,24,29)(H,25,28)(H,27,30)/b26-17+. The fourth-order valence-corrected chi connectivity index (χ4v) is 3.13. The molecule has 2 aromatic rings. The fourth-order valence-electron chi connectivity index (χ4n) is 3.13. The first-order valence-electron chi connectivity index (χ1n) is 9.77. The zero-order chi connectivity index (χ0) is 23.1. The summed E-state index contributed by atoms with van der Waals surface area (Å²) in [5.74, 6) is -1.67. The number of nitrogens with zero attached hydrogens (tertiary/aromatic N) is 1. The van der Waals surface area contributed by atoms with Gasteiger partial charge in [-0.3, -0.25) is 14.4 Å². The molecule has 8 heteroatoms. The number of hydrogen-bond acceptors (Lipinski definition) is 5.